The van der Waals surface area contributed by atoms with Crippen molar-refractivity contribution < 1.29 is 4.79 Å². The Balaban J connectivity index is 0.00000225. The lowest BCUT2D eigenvalue weighted by atomic mass is 10.3. The predicted octanol–water partition coefficient (Wildman–Crippen LogP) is 2.38. The number of hydrazone groups is 1. The number of amides is 1. The van der Waals surface area contributed by atoms with Gasteiger partial charge in [-0.25, -0.2) is 9.97 Å². The van der Waals surface area contributed by atoms with Crippen molar-refractivity contribution >= 4 is 41.7 Å². The third kappa shape index (κ3) is 4.18. The van der Waals surface area contributed by atoms with Crippen LogP contribution in [0.15, 0.2) is 46.7 Å². The van der Waals surface area contributed by atoms with E-state index in [1.807, 2.05) is 50.2 Å². The first-order valence-electron chi connectivity index (χ1n) is 8.28. The van der Waals surface area contributed by atoms with Crippen LogP contribution in [0.5, 0.6) is 0 Å². The molecule has 0 bridgehead atoms. The van der Waals surface area contributed by atoms with Crippen LogP contribution >= 0.6 is 24.2 Å². The highest BCUT2D eigenvalue weighted by atomic mass is 35.5. The highest BCUT2D eigenvalue weighted by Crippen LogP contribution is 2.22. The zero-order valence-electron chi connectivity index (χ0n) is 15.2. The molecule has 1 aromatic carbocycles. The Bertz CT molecular complexity index is 1000. The van der Waals surface area contributed by atoms with Crippen LogP contribution in [0, 0.1) is 13.8 Å². The molecule has 0 fully saturated rings. The molecular formula is C17H17ClN8OS. The lowest BCUT2D eigenvalue weighted by Gasteiger charge is -2.10. The highest BCUT2D eigenvalue weighted by molar-refractivity contribution is 7.99. The molecule has 3 heterocycles. The molecule has 0 N–H and O–H groups in total. The molecule has 2 aromatic heterocycles. The van der Waals surface area contributed by atoms with E-state index in [-0.39, 0.29) is 24.7 Å². The quantitative estimate of drug-likeness (QED) is 0.588. The van der Waals surface area contributed by atoms with E-state index in [2.05, 4.69) is 30.6 Å². The molecule has 1 amide bonds. The van der Waals surface area contributed by atoms with Crippen molar-refractivity contribution in [3.63, 3.8) is 0 Å². The second-order valence-corrected chi connectivity index (χ2v) is 6.94. The number of hydrogen-bond donors (Lipinski definition) is 0. The second-order valence-electron chi connectivity index (χ2n) is 6.00. The van der Waals surface area contributed by atoms with Gasteiger partial charge in [0.2, 0.25) is 5.16 Å². The summed E-state index contributed by atoms with van der Waals surface area (Å²) in [5.41, 5.74) is 3.20. The number of rotatable bonds is 5. The van der Waals surface area contributed by atoms with Crippen LogP contribution in [0.4, 0.5) is 5.95 Å². The molecular weight excluding hydrogens is 400 g/mol. The second kappa shape index (κ2) is 8.44. The summed E-state index contributed by atoms with van der Waals surface area (Å²) in [4.78, 5) is 21.0. The molecule has 0 radical (unpaired) electrons. The van der Waals surface area contributed by atoms with Crippen LogP contribution in [0.2, 0.25) is 0 Å². The van der Waals surface area contributed by atoms with E-state index in [9.17, 15) is 4.79 Å². The average molecular weight is 417 g/mol. The normalized spacial score (nSPS) is 13.4. The maximum absolute atomic E-state index is 12.3. The monoisotopic (exact) mass is 416 g/mol. The fourth-order valence-corrected chi connectivity index (χ4v) is 3.48. The molecule has 0 atom stereocenters. The third-order valence-corrected chi connectivity index (χ3v) is 4.79. The zero-order chi connectivity index (χ0) is 18.8. The number of tetrazole rings is 1. The molecule has 9 nitrogen and oxygen atoms in total. The average Bonchev–Trinajstić information content (AvgIpc) is 3.26. The number of aromatic nitrogens is 6. The van der Waals surface area contributed by atoms with Gasteiger partial charge in [0.05, 0.1) is 17.8 Å². The van der Waals surface area contributed by atoms with Gasteiger partial charge < -0.3 is 0 Å². The third-order valence-electron chi connectivity index (χ3n) is 3.80. The fraction of sp³-hybridized carbons (Fsp3) is 0.235. The number of halogens is 1. The van der Waals surface area contributed by atoms with Gasteiger partial charge in [0.15, 0.2) is 0 Å². The summed E-state index contributed by atoms with van der Waals surface area (Å²) >= 11 is 1.43. The fourth-order valence-electron chi connectivity index (χ4n) is 2.67. The van der Waals surface area contributed by atoms with Gasteiger partial charge in [0.1, 0.15) is 0 Å². The number of thioether (sulfide) groups is 1. The molecule has 1 aliphatic heterocycles. The summed E-state index contributed by atoms with van der Waals surface area (Å²) in [6.45, 7) is 3.73. The van der Waals surface area contributed by atoms with Gasteiger partial charge in [0.25, 0.3) is 11.9 Å². The van der Waals surface area contributed by atoms with E-state index in [4.69, 9.17) is 0 Å². The van der Waals surface area contributed by atoms with Crippen molar-refractivity contribution in [2.24, 2.45) is 5.10 Å². The van der Waals surface area contributed by atoms with Crippen molar-refractivity contribution in [1.82, 2.24) is 30.2 Å². The van der Waals surface area contributed by atoms with Crippen molar-refractivity contribution in [1.29, 1.82) is 0 Å². The van der Waals surface area contributed by atoms with E-state index in [0.29, 0.717) is 16.9 Å². The van der Waals surface area contributed by atoms with Gasteiger partial charge in [-0.3, -0.25) is 4.79 Å². The van der Waals surface area contributed by atoms with Crippen LogP contribution in [-0.4, -0.2) is 47.5 Å². The summed E-state index contributed by atoms with van der Waals surface area (Å²) in [5.74, 6) is 0.671. The molecule has 0 spiro atoms. The van der Waals surface area contributed by atoms with E-state index >= 15 is 0 Å². The Labute approximate surface area is 171 Å². The molecule has 28 heavy (non-hydrogen) atoms. The van der Waals surface area contributed by atoms with Gasteiger partial charge in [-0.15, -0.1) is 17.5 Å². The molecule has 0 aliphatic carbocycles. The predicted molar refractivity (Wildman–Crippen MR) is 108 cm³/mol. The minimum absolute atomic E-state index is 0. The molecule has 4 rings (SSSR count). The van der Waals surface area contributed by atoms with Crippen molar-refractivity contribution in [2.45, 2.75) is 25.4 Å². The summed E-state index contributed by atoms with van der Waals surface area (Å²) in [5, 5.41) is 18.1. The van der Waals surface area contributed by atoms with Crippen LogP contribution in [0.25, 0.3) is 5.69 Å². The lowest BCUT2D eigenvalue weighted by molar-refractivity contribution is -0.117. The van der Waals surface area contributed by atoms with E-state index in [1.54, 1.807) is 4.68 Å². The van der Waals surface area contributed by atoms with Gasteiger partial charge in [-0.05, 0) is 42.5 Å². The van der Waals surface area contributed by atoms with E-state index < -0.39 is 0 Å². The number of hydrogen-bond acceptors (Lipinski definition) is 8. The molecule has 0 saturated heterocycles. The van der Waals surface area contributed by atoms with Gasteiger partial charge >= 0.3 is 0 Å². The number of aryl methyl sites for hydroxylation is 2. The summed E-state index contributed by atoms with van der Waals surface area (Å²) < 4.78 is 1.66. The minimum Gasteiger partial charge on any atom is -0.272 e. The smallest absolute Gasteiger partial charge is 0.255 e. The molecule has 11 heteroatoms. The van der Waals surface area contributed by atoms with Crippen LogP contribution in [0.3, 0.4) is 0 Å². The maximum Gasteiger partial charge on any atom is 0.255 e. The number of carbonyl (C=O) groups excluding carboxylic acids is 1. The number of anilines is 1. The maximum atomic E-state index is 12.3. The molecule has 0 unspecified atom stereocenters. The number of para-hydroxylation sites is 1. The van der Waals surface area contributed by atoms with Crippen molar-refractivity contribution in [2.75, 3.05) is 10.8 Å². The van der Waals surface area contributed by atoms with Gasteiger partial charge in [-0.1, -0.05) is 30.0 Å². The highest BCUT2D eigenvalue weighted by Gasteiger charge is 2.28. The summed E-state index contributed by atoms with van der Waals surface area (Å²) in [7, 11) is 0. The minimum atomic E-state index is -0.141. The van der Waals surface area contributed by atoms with Crippen molar-refractivity contribution in [3.8, 4) is 5.69 Å². The Kier molecular flexibility index (Phi) is 6.00. The topological polar surface area (TPSA) is 102 Å². The van der Waals surface area contributed by atoms with E-state index in [1.165, 1.54) is 16.8 Å². The van der Waals surface area contributed by atoms with Crippen LogP contribution < -0.4 is 5.01 Å². The Hall–Kier alpha value is -2.85. The first kappa shape index (κ1) is 19.9. The first-order valence-corrected chi connectivity index (χ1v) is 9.27. The standard InChI is InChI=1S/C17H16N8OS.ClH/c1-11-8-12(2)19-16(18-11)25-15(26)9-13(21-25)10-27-17-20-22-23-24(17)14-6-4-3-5-7-14;/h3-8H,9-10H2,1-2H3;1H. The van der Waals surface area contributed by atoms with Crippen LogP contribution in [0.1, 0.15) is 17.8 Å². The number of benzene rings is 1. The summed E-state index contributed by atoms with van der Waals surface area (Å²) in [6.07, 6.45) is 0.232. The van der Waals surface area contributed by atoms with Crippen molar-refractivity contribution in [3.05, 3.63) is 47.8 Å². The molecule has 144 valence electrons. The number of nitrogens with zero attached hydrogens (tertiary/aromatic N) is 8. The lowest BCUT2D eigenvalue weighted by Crippen LogP contribution is -2.22. The molecule has 0 saturated carbocycles. The number of carbonyl (C=O) groups is 1. The zero-order valence-corrected chi connectivity index (χ0v) is 16.8. The molecule has 3 aromatic rings. The van der Waals surface area contributed by atoms with Crippen LogP contribution in [-0.2, 0) is 4.79 Å². The van der Waals surface area contributed by atoms with Gasteiger partial charge in [-0.2, -0.15) is 14.8 Å². The Morgan fingerprint density at radius 3 is 2.54 bits per heavy atom. The first-order chi connectivity index (χ1) is 13.1. The van der Waals surface area contributed by atoms with E-state index in [0.717, 1.165) is 22.8 Å². The van der Waals surface area contributed by atoms with Gasteiger partial charge in [0, 0.05) is 17.1 Å². The Morgan fingerprint density at radius 1 is 1.11 bits per heavy atom. The molecule has 1 aliphatic rings. The Morgan fingerprint density at radius 2 is 1.82 bits per heavy atom. The largest absolute Gasteiger partial charge is 0.272 e. The summed E-state index contributed by atoms with van der Waals surface area (Å²) in [6, 6.07) is 11.5. The SMILES string of the molecule is Cc1cc(C)nc(N2N=C(CSc3nnnn3-c3ccccc3)CC2=O)n1.Cl.